The van der Waals surface area contributed by atoms with Crippen molar-refractivity contribution in [1.29, 1.82) is 0 Å². The number of pyridine rings is 1. The van der Waals surface area contributed by atoms with Crippen LogP contribution < -0.4 is 4.74 Å². The molecule has 0 saturated carbocycles. The highest BCUT2D eigenvalue weighted by atomic mass is 79.9. The van der Waals surface area contributed by atoms with Gasteiger partial charge in [0, 0.05) is 12.3 Å². The summed E-state index contributed by atoms with van der Waals surface area (Å²) in [6, 6.07) is 1.66. The quantitative estimate of drug-likeness (QED) is 0.904. The number of hydrogen-bond donors (Lipinski definition) is 1. The van der Waals surface area contributed by atoms with E-state index in [2.05, 4.69) is 20.9 Å². The molecule has 0 amide bonds. The average molecular weight is 271 g/mol. The van der Waals surface area contributed by atoms with Crippen LogP contribution in [0.3, 0.4) is 0 Å². The van der Waals surface area contributed by atoms with Crippen LogP contribution in [0.1, 0.15) is 10.5 Å². The fourth-order valence-electron chi connectivity index (χ4n) is 1.30. The lowest BCUT2D eigenvalue weighted by atomic mass is 10.4. The summed E-state index contributed by atoms with van der Waals surface area (Å²) in [5.74, 6) is -0.399. The van der Waals surface area contributed by atoms with Crippen molar-refractivity contribution in [3.05, 3.63) is 28.6 Å². The lowest BCUT2D eigenvalue weighted by Gasteiger charge is -2.04. The Hall–Kier alpha value is -1.56. The highest BCUT2D eigenvalue weighted by molar-refractivity contribution is 9.10. The van der Waals surface area contributed by atoms with Gasteiger partial charge in [-0.25, -0.2) is 9.78 Å². The predicted molar refractivity (Wildman–Crippen MR) is 56.4 cm³/mol. The number of ether oxygens (including phenoxy) is 1. The second kappa shape index (κ2) is 3.54. The summed E-state index contributed by atoms with van der Waals surface area (Å²) in [6.45, 7) is 0. The average Bonchev–Trinajstić information content (AvgIpc) is 2.59. The zero-order valence-corrected chi connectivity index (χ0v) is 9.35. The third kappa shape index (κ3) is 1.56. The summed E-state index contributed by atoms with van der Waals surface area (Å²) >= 11 is 3.28. The van der Waals surface area contributed by atoms with E-state index >= 15 is 0 Å². The van der Waals surface area contributed by atoms with Crippen molar-refractivity contribution in [1.82, 2.24) is 9.38 Å². The molecule has 2 aromatic heterocycles. The summed E-state index contributed by atoms with van der Waals surface area (Å²) in [6.07, 6.45) is 2.92. The molecule has 0 aliphatic heterocycles. The largest absolute Gasteiger partial charge is 0.495 e. The SMILES string of the molecule is COc1cc2ncc(C(=O)O)n2cc1Br. The summed E-state index contributed by atoms with van der Waals surface area (Å²) in [4.78, 5) is 14.8. The van der Waals surface area contributed by atoms with Crippen LogP contribution in [0.15, 0.2) is 22.9 Å². The Kier molecular flexibility index (Phi) is 2.36. The monoisotopic (exact) mass is 270 g/mol. The van der Waals surface area contributed by atoms with Crippen LogP contribution in [0.25, 0.3) is 5.65 Å². The van der Waals surface area contributed by atoms with E-state index in [1.54, 1.807) is 12.3 Å². The molecule has 0 unspecified atom stereocenters. The van der Waals surface area contributed by atoms with Crippen LogP contribution in [-0.4, -0.2) is 27.6 Å². The second-order valence-corrected chi connectivity index (χ2v) is 3.72. The van der Waals surface area contributed by atoms with Gasteiger partial charge in [0.15, 0.2) is 5.69 Å². The molecular weight excluding hydrogens is 264 g/mol. The van der Waals surface area contributed by atoms with Crippen LogP contribution in [-0.2, 0) is 0 Å². The molecule has 0 bridgehead atoms. The van der Waals surface area contributed by atoms with Gasteiger partial charge in [-0.2, -0.15) is 0 Å². The first-order chi connectivity index (χ1) is 7.13. The Bertz CT molecular complexity index is 535. The van der Waals surface area contributed by atoms with Gasteiger partial charge in [-0.3, -0.25) is 4.40 Å². The standard InChI is InChI=1S/C9H7BrN2O3/c1-15-7-2-8-11-3-6(9(13)14)12(8)4-5(7)10/h2-4H,1H3,(H,13,14). The van der Waals surface area contributed by atoms with Gasteiger partial charge in [0.2, 0.25) is 0 Å². The molecule has 2 heterocycles. The summed E-state index contributed by atoms with van der Waals surface area (Å²) in [7, 11) is 1.54. The van der Waals surface area contributed by atoms with Gasteiger partial charge < -0.3 is 9.84 Å². The third-order valence-corrected chi connectivity index (χ3v) is 2.60. The minimum atomic E-state index is -1.01. The van der Waals surface area contributed by atoms with E-state index in [-0.39, 0.29) is 5.69 Å². The van der Waals surface area contributed by atoms with Crippen molar-refractivity contribution in [3.63, 3.8) is 0 Å². The predicted octanol–water partition coefficient (Wildman–Crippen LogP) is 1.80. The molecule has 78 valence electrons. The van der Waals surface area contributed by atoms with Crippen molar-refractivity contribution >= 4 is 27.5 Å². The highest BCUT2D eigenvalue weighted by Crippen LogP contribution is 2.26. The molecular formula is C9H7BrN2O3. The molecule has 0 aliphatic rings. The van der Waals surface area contributed by atoms with Gasteiger partial charge >= 0.3 is 5.97 Å². The van der Waals surface area contributed by atoms with Crippen LogP contribution in [0, 0.1) is 0 Å². The lowest BCUT2D eigenvalue weighted by molar-refractivity contribution is 0.0689. The number of aromatic nitrogens is 2. The zero-order valence-electron chi connectivity index (χ0n) is 7.77. The topological polar surface area (TPSA) is 63.8 Å². The van der Waals surface area contributed by atoms with Crippen molar-refractivity contribution in [2.75, 3.05) is 7.11 Å². The number of carboxylic acid groups (broad SMARTS) is 1. The number of hydrogen-bond acceptors (Lipinski definition) is 3. The fourth-order valence-corrected chi connectivity index (χ4v) is 1.78. The number of fused-ring (bicyclic) bond motifs is 1. The molecule has 2 aromatic rings. The maximum atomic E-state index is 10.8. The number of methoxy groups -OCH3 is 1. The number of nitrogens with zero attached hydrogens (tertiary/aromatic N) is 2. The van der Waals surface area contributed by atoms with Crippen molar-refractivity contribution in [2.45, 2.75) is 0 Å². The second-order valence-electron chi connectivity index (χ2n) is 2.87. The number of rotatable bonds is 2. The number of imidazole rings is 1. The van der Waals surface area contributed by atoms with Gasteiger partial charge in [-0.05, 0) is 15.9 Å². The van der Waals surface area contributed by atoms with Gasteiger partial charge in [-0.15, -0.1) is 0 Å². The van der Waals surface area contributed by atoms with Crippen LogP contribution >= 0.6 is 15.9 Å². The molecule has 0 aromatic carbocycles. The lowest BCUT2D eigenvalue weighted by Crippen LogP contribution is -2.01. The summed E-state index contributed by atoms with van der Waals surface area (Å²) in [5.41, 5.74) is 0.654. The highest BCUT2D eigenvalue weighted by Gasteiger charge is 2.12. The van der Waals surface area contributed by atoms with E-state index in [4.69, 9.17) is 9.84 Å². The Morgan fingerprint density at radius 2 is 2.40 bits per heavy atom. The van der Waals surface area contributed by atoms with E-state index in [0.29, 0.717) is 15.9 Å². The normalized spacial score (nSPS) is 10.5. The van der Waals surface area contributed by atoms with Crippen molar-refractivity contribution in [2.24, 2.45) is 0 Å². The first-order valence-corrected chi connectivity index (χ1v) is 4.86. The van der Waals surface area contributed by atoms with E-state index in [1.807, 2.05) is 0 Å². The number of halogens is 1. The Morgan fingerprint density at radius 1 is 1.67 bits per heavy atom. The Morgan fingerprint density at radius 3 is 3.00 bits per heavy atom. The van der Waals surface area contributed by atoms with Crippen LogP contribution in [0.4, 0.5) is 0 Å². The molecule has 0 fully saturated rings. The van der Waals surface area contributed by atoms with Crippen LogP contribution in [0.2, 0.25) is 0 Å². The maximum absolute atomic E-state index is 10.8. The van der Waals surface area contributed by atoms with Gasteiger partial charge in [0.05, 0.1) is 17.8 Å². The van der Waals surface area contributed by atoms with Gasteiger partial charge in [-0.1, -0.05) is 0 Å². The Labute approximate surface area is 93.4 Å². The zero-order chi connectivity index (χ0) is 11.0. The molecule has 6 heteroatoms. The molecule has 15 heavy (non-hydrogen) atoms. The smallest absolute Gasteiger partial charge is 0.354 e. The first-order valence-electron chi connectivity index (χ1n) is 4.07. The van der Waals surface area contributed by atoms with Gasteiger partial charge in [0.25, 0.3) is 0 Å². The van der Waals surface area contributed by atoms with E-state index in [0.717, 1.165) is 0 Å². The molecule has 0 spiro atoms. The Balaban J connectivity index is 2.73. The molecule has 1 N–H and O–H groups in total. The minimum absolute atomic E-state index is 0.119. The number of carboxylic acids is 1. The maximum Gasteiger partial charge on any atom is 0.354 e. The van der Waals surface area contributed by atoms with E-state index in [1.165, 1.54) is 17.7 Å². The minimum Gasteiger partial charge on any atom is -0.495 e. The van der Waals surface area contributed by atoms with E-state index < -0.39 is 5.97 Å². The molecule has 0 aliphatic carbocycles. The first kappa shape index (κ1) is 9.97. The summed E-state index contributed by atoms with van der Waals surface area (Å²) < 4.78 is 7.23. The van der Waals surface area contributed by atoms with Crippen molar-refractivity contribution < 1.29 is 14.6 Å². The molecule has 5 nitrogen and oxygen atoms in total. The molecule has 0 saturated heterocycles. The van der Waals surface area contributed by atoms with Crippen LogP contribution in [0.5, 0.6) is 5.75 Å². The van der Waals surface area contributed by atoms with Crippen molar-refractivity contribution in [3.8, 4) is 5.75 Å². The van der Waals surface area contributed by atoms with E-state index in [9.17, 15) is 4.79 Å². The third-order valence-electron chi connectivity index (χ3n) is 2.00. The van der Waals surface area contributed by atoms with Gasteiger partial charge in [0.1, 0.15) is 11.4 Å². The molecule has 0 radical (unpaired) electrons. The molecule has 0 atom stereocenters. The number of aromatic carboxylic acids is 1. The molecule has 2 rings (SSSR count). The fraction of sp³-hybridized carbons (Fsp3) is 0.111. The number of carbonyl (C=O) groups is 1. The summed E-state index contributed by atoms with van der Waals surface area (Å²) in [5, 5.41) is 8.88.